The SMILES string of the molecule is CC(F)(F)c1cccc(C(=O)c2ccc(NC3=NCc4cccnc43)cc2Cl)c1. The molecule has 0 radical (unpaired) electrons. The van der Waals surface area contributed by atoms with Crippen molar-refractivity contribution in [2.75, 3.05) is 5.32 Å². The summed E-state index contributed by atoms with van der Waals surface area (Å²) < 4.78 is 27.1. The average molecular weight is 412 g/mol. The Balaban J connectivity index is 1.58. The summed E-state index contributed by atoms with van der Waals surface area (Å²) in [5.41, 5.74) is 2.63. The minimum absolute atomic E-state index is 0.157. The van der Waals surface area contributed by atoms with Crippen LogP contribution >= 0.6 is 11.6 Å². The Bertz CT molecular complexity index is 1140. The van der Waals surface area contributed by atoms with Crippen LogP contribution in [0.25, 0.3) is 0 Å². The van der Waals surface area contributed by atoms with Crippen molar-refractivity contribution in [3.8, 4) is 0 Å². The largest absolute Gasteiger partial charge is 0.339 e. The number of carbonyl (C=O) groups is 1. The summed E-state index contributed by atoms with van der Waals surface area (Å²) in [6.07, 6.45) is 1.70. The quantitative estimate of drug-likeness (QED) is 0.581. The van der Waals surface area contributed by atoms with Gasteiger partial charge in [0, 0.05) is 41.1 Å². The molecule has 1 aromatic heterocycles. The summed E-state index contributed by atoms with van der Waals surface area (Å²) in [6, 6.07) is 14.1. The number of hydrogen-bond donors (Lipinski definition) is 1. The first-order chi connectivity index (χ1) is 13.8. The minimum Gasteiger partial charge on any atom is -0.339 e. The number of aliphatic imine (C=N–C) groups is 1. The van der Waals surface area contributed by atoms with Gasteiger partial charge in [0.2, 0.25) is 0 Å². The number of ketones is 1. The molecule has 2 aromatic carbocycles. The van der Waals surface area contributed by atoms with E-state index in [1.807, 2.05) is 12.1 Å². The molecule has 0 fully saturated rings. The number of carbonyl (C=O) groups excluding carboxylic acids is 1. The van der Waals surface area contributed by atoms with Gasteiger partial charge in [-0.1, -0.05) is 35.9 Å². The fourth-order valence-corrected chi connectivity index (χ4v) is 3.39. The summed E-state index contributed by atoms with van der Waals surface area (Å²) in [5.74, 6) is -2.81. The number of nitrogens with one attached hydrogen (secondary N) is 1. The molecule has 0 unspecified atom stereocenters. The molecular weight excluding hydrogens is 396 g/mol. The van der Waals surface area contributed by atoms with Crippen molar-refractivity contribution in [1.82, 2.24) is 4.98 Å². The number of pyridine rings is 1. The Morgan fingerprint density at radius 2 is 1.97 bits per heavy atom. The number of halogens is 3. The molecule has 29 heavy (non-hydrogen) atoms. The summed E-state index contributed by atoms with van der Waals surface area (Å²) in [5, 5.41) is 3.38. The molecule has 2 heterocycles. The van der Waals surface area contributed by atoms with Gasteiger partial charge in [-0.2, -0.15) is 0 Å². The molecule has 0 aliphatic carbocycles. The lowest BCUT2D eigenvalue weighted by molar-refractivity contribution is 0.0174. The maximum atomic E-state index is 13.6. The molecule has 4 rings (SSSR count). The summed E-state index contributed by atoms with van der Waals surface area (Å²) >= 11 is 6.33. The number of fused-ring (bicyclic) bond motifs is 1. The molecule has 0 bridgehead atoms. The van der Waals surface area contributed by atoms with E-state index < -0.39 is 11.7 Å². The lowest BCUT2D eigenvalue weighted by atomic mass is 9.99. The third-order valence-corrected chi connectivity index (χ3v) is 4.94. The maximum Gasteiger partial charge on any atom is 0.270 e. The Morgan fingerprint density at radius 1 is 1.14 bits per heavy atom. The highest BCUT2D eigenvalue weighted by molar-refractivity contribution is 6.35. The number of aromatic nitrogens is 1. The number of anilines is 1. The van der Waals surface area contributed by atoms with Crippen molar-refractivity contribution in [2.24, 2.45) is 4.99 Å². The first kappa shape index (κ1) is 19.2. The van der Waals surface area contributed by atoms with Crippen molar-refractivity contribution in [1.29, 1.82) is 0 Å². The van der Waals surface area contributed by atoms with Gasteiger partial charge in [0.25, 0.3) is 5.92 Å². The van der Waals surface area contributed by atoms with Crippen LogP contribution < -0.4 is 5.32 Å². The van der Waals surface area contributed by atoms with E-state index in [0.717, 1.165) is 18.2 Å². The highest BCUT2D eigenvalue weighted by Gasteiger charge is 2.25. The van der Waals surface area contributed by atoms with E-state index in [1.54, 1.807) is 24.4 Å². The molecule has 3 aromatic rings. The topological polar surface area (TPSA) is 54.4 Å². The van der Waals surface area contributed by atoms with Gasteiger partial charge in [0.15, 0.2) is 11.6 Å². The number of hydrogen-bond acceptors (Lipinski definition) is 4. The van der Waals surface area contributed by atoms with Gasteiger partial charge in [-0.15, -0.1) is 0 Å². The number of alkyl halides is 2. The number of rotatable bonds is 4. The molecule has 0 amide bonds. The van der Waals surface area contributed by atoms with E-state index in [-0.39, 0.29) is 21.7 Å². The maximum absolute atomic E-state index is 13.6. The van der Waals surface area contributed by atoms with Crippen LogP contribution in [0, 0.1) is 0 Å². The van der Waals surface area contributed by atoms with Crippen LogP contribution in [0.15, 0.2) is 65.8 Å². The number of nitrogens with zero attached hydrogens (tertiary/aromatic N) is 2. The van der Waals surface area contributed by atoms with Crippen LogP contribution in [-0.2, 0) is 12.5 Å². The second-order valence-corrected chi connectivity index (χ2v) is 7.20. The lowest BCUT2D eigenvalue weighted by Gasteiger charge is -2.12. The van der Waals surface area contributed by atoms with Crippen LogP contribution in [0.4, 0.5) is 14.5 Å². The Morgan fingerprint density at radius 3 is 2.72 bits per heavy atom. The third-order valence-electron chi connectivity index (χ3n) is 4.63. The van der Waals surface area contributed by atoms with Gasteiger partial charge < -0.3 is 5.32 Å². The summed E-state index contributed by atoms with van der Waals surface area (Å²) in [4.78, 5) is 21.5. The van der Waals surface area contributed by atoms with Crippen LogP contribution in [0.5, 0.6) is 0 Å². The van der Waals surface area contributed by atoms with E-state index in [0.29, 0.717) is 18.1 Å². The Labute approximate surface area is 171 Å². The molecule has 7 heteroatoms. The predicted molar refractivity (Wildman–Crippen MR) is 109 cm³/mol. The third kappa shape index (κ3) is 3.89. The van der Waals surface area contributed by atoms with Crippen molar-refractivity contribution >= 4 is 28.9 Å². The molecule has 0 saturated carbocycles. The van der Waals surface area contributed by atoms with Gasteiger partial charge >= 0.3 is 0 Å². The molecule has 0 atom stereocenters. The number of amidine groups is 1. The van der Waals surface area contributed by atoms with Gasteiger partial charge in [-0.3, -0.25) is 14.8 Å². The zero-order valence-corrected chi connectivity index (χ0v) is 16.2. The van der Waals surface area contributed by atoms with Crippen LogP contribution in [0.1, 0.15) is 39.7 Å². The molecule has 1 N–H and O–H groups in total. The smallest absolute Gasteiger partial charge is 0.270 e. The van der Waals surface area contributed by atoms with Crippen molar-refractivity contribution in [3.05, 3.63) is 93.8 Å². The van der Waals surface area contributed by atoms with Gasteiger partial charge in [-0.05, 0) is 30.3 Å². The van der Waals surface area contributed by atoms with Crippen LogP contribution in [0.3, 0.4) is 0 Å². The van der Waals surface area contributed by atoms with Crippen molar-refractivity contribution in [2.45, 2.75) is 19.4 Å². The standard InChI is InChI=1S/C22H16ClF2N3O/c1-22(24,25)15-6-2-4-13(10-15)20(29)17-8-7-16(11-18(17)23)28-21-19-14(12-27-21)5-3-9-26-19/h2-11H,12H2,1H3,(H,27,28). The molecular formula is C22H16ClF2N3O. The minimum atomic E-state index is -3.03. The molecule has 1 aliphatic heterocycles. The molecule has 1 aliphatic rings. The van der Waals surface area contributed by atoms with E-state index in [1.165, 1.54) is 24.3 Å². The zero-order valence-electron chi connectivity index (χ0n) is 15.4. The lowest BCUT2D eigenvalue weighted by Crippen LogP contribution is -2.13. The monoisotopic (exact) mass is 411 g/mol. The number of benzene rings is 2. The van der Waals surface area contributed by atoms with Gasteiger partial charge in [-0.25, -0.2) is 8.78 Å². The Hall–Kier alpha value is -3.12. The van der Waals surface area contributed by atoms with Gasteiger partial charge in [0.05, 0.1) is 11.6 Å². The fraction of sp³-hybridized carbons (Fsp3) is 0.136. The van der Waals surface area contributed by atoms with E-state index in [9.17, 15) is 13.6 Å². The van der Waals surface area contributed by atoms with Crippen LogP contribution in [0.2, 0.25) is 5.02 Å². The second-order valence-electron chi connectivity index (χ2n) is 6.79. The molecule has 146 valence electrons. The highest BCUT2D eigenvalue weighted by atomic mass is 35.5. The van der Waals surface area contributed by atoms with Crippen LogP contribution in [-0.4, -0.2) is 16.6 Å². The molecule has 0 saturated heterocycles. The first-order valence-electron chi connectivity index (χ1n) is 8.91. The van der Waals surface area contributed by atoms with Crippen molar-refractivity contribution < 1.29 is 13.6 Å². The van der Waals surface area contributed by atoms with E-state index in [4.69, 9.17) is 11.6 Å². The summed E-state index contributed by atoms with van der Waals surface area (Å²) in [6.45, 7) is 1.34. The van der Waals surface area contributed by atoms with Crippen molar-refractivity contribution in [3.63, 3.8) is 0 Å². The molecule has 4 nitrogen and oxygen atoms in total. The van der Waals surface area contributed by atoms with E-state index >= 15 is 0 Å². The predicted octanol–water partition coefficient (Wildman–Crippen LogP) is 5.45. The highest BCUT2D eigenvalue weighted by Crippen LogP contribution is 2.29. The fourth-order valence-electron chi connectivity index (χ4n) is 3.12. The normalized spacial score (nSPS) is 13.0. The average Bonchev–Trinajstić information content (AvgIpc) is 3.10. The first-order valence-corrected chi connectivity index (χ1v) is 9.29. The zero-order chi connectivity index (χ0) is 20.6. The van der Waals surface area contributed by atoms with Gasteiger partial charge in [0.1, 0.15) is 5.69 Å². The summed E-state index contributed by atoms with van der Waals surface area (Å²) in [7, 11) is 0. The molecule has 0 spiro atoms. The van der Waals surface area contributed by atoms with E-state index in [2.05, 4.69) is 15.3 Å². The Kier molecular flexibility index (Phi) is 4.88. The second kappa shape index (κ2) is 7.37.